The predicted molar refractivity (Wildman–Crippen MR) is 113 cm³/mol. The SMILES string of the molecule is CC1CCN(Cc2cccc(-c3cccc(CCN)c3)c2)CC1.Cl.Cl. The molecule has 138 valence electrons. The molecule has 0 radical (unpaired) electrons. The molecule has 0 atom stereocenters. The Balaban J connectivity index is 0.00000156. The van der Waals surface area contributed by atoms with Crippen molar-refractivity contribution in [3.05, 3.63) is 59.7 Å². The third kappa shape index (κ3) is 6.31. The standard InChI is InChI=1S/C21H28N2.2ClH/c1-17-9-12-23(13-10-17)16-19-5-3-7-21(15-19)20-6-2-4-18(14-20)8-11-22;;/h2-7,14-15,17H,8-13,16,22H2,1H3;2*1H. The molecule has 2 nitrogen and oxygen atoms in total. The molecule has 0 unspecified atom stereocenters. The van der Waals surface area contributed by atoms with Gasteiger partial charge >= 0.3 is 0 Å². The van der Waals surface area contributed by atoms with Crippen molar-refractivity contribution in [2.75, 3.05) is 19.6 Å². The average molecular weight is 381 g/mol. The second-order valence-electron chi connectivity index (χ2n) is 6.90. The number of hydrogen-bond acceptors (Lipinski definition) is 2. The lowest BCUT2D eigenvalue weighted by Gasteiger charge is -2.30. The van der Waals surface area contributed by atoms with Crippen molar-refractivity contribution in [3.63, 3.8) is 0 Å². The second kappa shape index (κ2) is 10.8. The van der Waals surface area contributed by atoms with Crippen LogP contribution in [-0.2, 0) is 13.0 Å². The summed E-state index contributed by atoms with van der Waals surface area (Å²) in [6.45, 7) is 6.61. The summed E-state index contributed by atoms with van der Waals surface area (Å²) >= 11 is 0. The average Bonchev–Trinajstić information content (AvgIpc) is 2.58. The lowest BCUT2D eigenvalue weighted by molar-refractivity contribution is 0.185. The normalized spacial score (nSPS) is 15.3. The summed E-state index contributed by atoms with van der Waals surface area (Å²) in [6.07, 6.45) is 3.61. The van der Waals surface area contributed by atoms with Gasteiger partial charge in [0.25, 0.3) is 0 Å². The van der Waals surface area contributed by atoms with Gasteiger partial charge < -0.3 is 5.73 Å². The lowest BCUT2D eigenvalue weighted by Crippen LogP contribution is -2.32. The third-order valence-corrected chi connectivity index (χ3v) is 4.90. The minimum atomic E-state index is 0. The van der Waals surface area contributed by atoms with Crippen LogP contribution in [0.15, 0.2) is 48.5 Å². The molecule has 2 aromatic carbocycles. The molecule has 0 spiro atoms. The topological polar surface area (TPSA) is 29.3 Å². The van der Waals surface area contributed by atoms with Crippen molar-refractivity contribution >= 4 is 24.8 Å². The Labute approximate surface area is 164 Å². The van der Waals surface area contributed by atoms with E-state index in [4.69, 9.17) is 5.73 Å². The lowest BCUT2D eigenvalue weighted by atomic mass is 9.97. The highest BCUT2D eigenvalue weighted by Gasteiger charge is 2.15. The number of piperidine rings is 1. The van der Waals surface area contributed by atoms with Crippen LogP contribution >= 0.6 is 24.8 Å². The molecule has 1 heterocycles. The fourth-order valence-corrected chi connectivity index (χ4v) is 3.40. The maximum atomic E-state index is 5.68. The van der Waals surface area contributed by atoms with E-state index in [1.54, 1.807) is 0 Å². The molecule has 0 aromatic heterocycles. The van der Waals surface area contributed by atoms with Gasteiger partial charge in [0, 0.05) is 6.54 Å². The highest BCUT2D eigenvalue weighted by molar-refractivity contribution is 5.85. The Morgan fingerprint density at radius 3 is 2.08 bits per heavy atom. The van der Waals surface area contributed by atoms with E-state index >= 15 is 0 Å². The molecule has 1 aliphatic rings. The summed E-state index contributed by atoms with van der Waals surface area (Å²) in [7, 11) is 0. The summed E-state index contributed by atoms with van der Waals surface area (Å²) in [5.74, 6) is 0.892. The predicted octanol–water partition coefficient (Wildman–Crippen LogP) is 4.93. The van der Waals surface area contributed by atoms with Crippen LogP contribution < -0.4 is 5.73 Å². The van der Waals surface area contributed by atoms with Gasteiger partial charge in [-0.05, 0) is 73.1 Å². The van der Waals surface area contributed by atoms with Gasteiger partial charge in [0.05, 0.1) is 0 Å². The van der Waals surface area contributed by atoms with E-state index in [0.717, 1.165) is 18.9 Å². The van der Waals surface area contributed by atoms with Crippen molar-refractivity contribution < 1.29 is 0 Å². The number of nitrogens with two attached hydrogens (primary N) is 1. The molecule has 1 saturated heterocycles. The zero-order valence-corrected chi connectivity index (χ0v) is 16.6. The number of hydrogen-bond donors (Lipinski definition) is 1. The van der Waals surface area contributed by atoms with Crippen LogP contribution in [0.25, 0.3) is 11.1 Å². The Kier molecular flexibility index (Phi) is 9.52. The fourth-order valence-electron chi connectivity index (χ4n) is 3.40. The number of nitrogens with zero attached hydrogens (tertiary/aromatic N) is 1. The molecule has 2 aromatic rings. The Morgan fingerprint density at radius 2 is 1.48 bits per heavy atom. The maximum absolute atomic E-state index is 5.68. The molecule has 25 heavy (non-hydrogen) atoms. The zero-order valence-electron chi connectivity index (χ0n) is 15.0. The first kappa shape index (κ1) is 22.0. The molecule has 1 fully saturated rings. The molecule has 3 rings (SSSR count). The fraction of sp³-hybridized carbons (Fsp3) is 0.429. The van der Waals surface area contributed by atoms with Gasteiger partial charge in [-0.15, -0.1) is 24.8 Å². The molecular weight excluding hydrogens is 351 g/mol. The van der Waals surface area contributed by atoms with Crippen LogP contribution in [0.2, 0.25) is 0 Å². The molecule has 0 saturated carbocycles. The first-order chi connectivity index (χ1) is 11.2. The third-order valence-electron chi connectivity index (χ3n) is 4.90. The van der Waals surface area contributed by atoms with Crippen LogP contribution in [0.3, 0.4) is 0 Å². The molecule has 4 heteroatoms. The van der Waals surface area contributed by atoms with Crippen molar-refractivity contribution in [2.24, 2.45) is 11.7 Å². The van der Waals surface area contributed by atoms with Crippen molar-refractivity contribution in [2.45, 2.75) is 32.7 Å². The Morgan fingerprint density at radius 1 is 0.920 bits per heavy atom. The van der Waals surface area contributed by atoms with E-state index in [-0.39, 0.29) is 24.8 Å². The van der Waals surface area contributed by atoms with Crippen LogP contribution in [0.1, 0.15) is 30.9 Å². The molecule has 1 aliphatic heterocycles. The van der Waals surface area contributed by atoms with Gasteiger partial charge in [-0.25, -0.2) is 0 Å². The quantitative estimate of drug-likeness (QED) is 0.796. The van der Waals surface area contributed by atoms with Gasteiger partial charge in [0.15, 0.2) is 0 Å². The van der Waals surface area contributed by atoms with Crippen LogP contribution in [0.4, 0.5) is 0 Å². The Hall–Kier alpha value is -1.06. The van der Waals surface area contributed by atoms with E-state index in [0.29, 0.717) is 6.54 Å². The van der Waals surface area contributed by atoms with E-state index < -0.39 is 0 Å². The van der Waals surface area contributed by atoms with E-state index in [1.165, 1.54) is 48.2 Å². The highest BCUT2D eigenvalue weighted by atomic mass is 35.5. The summed E-state index contributed by atoms with van der Waals surface area (Å²) in [4.78, 5) is 2.59. The summed E-state index contributed by atoms with van der Waals surface area (Å²) in [5.41, 5.74) is 11.0. The molecular formula is C21H30Cl2N2. The number of benzene rings is 2. The van der Waals surface area contributed by atoms with Crippen molar-refractivity contribution in [1.29, 1.82) is 0 Å². The Bertz CT molecular complexity index is 637. The van der Waals surface area contributed by atoms with Crippen LogP contribution in [0.5, 0.6) is 0 Å². The first-order valence-corrected chi connectivity index (χ1v) is 8.85. The van der Waals surface area contributed by atoms with Crippen molar-refractivity contribution in [1.82, 2.24) is 4.90 Å². The monoisotopic (exact) mass is 380 g/mol. The minimum Gasteiger partial charge on any atom is -0.330 e. The minimum absolute atomic E-state index is 0. The first-order valence-electron chi connectivity index (χ1n) is 8.85. The number of rotatable bonds is 5. The molecule has 0 aliphatic carbocycles. The number of halogens is 2. The van der Waals surface area contributed by atoms with Gasteiger partial charge in [-0.1, -0.05) is 49.4 Å². The smallest absolute Gasteiger partial charge is 0.0233 e. The molecule has 2 N–H and O–H groups in total. The van der Waals surface area contributed by atoms with E-state index in [9.17, 15) is 0 Å². The second-order valence-corrected chi connectivity index (χ2v) is 6.90. The van der Waals surface area contributed by atoms with E-state index in [2.05, 4.69) is 60.4 Å². The maximum Gasteiger partial charge on any atom is 0.0233 e. The number of likely N-dealkylation sites (tertiary alicyclic amines) is 1. The van der Waals surface area contributed by atoms with Crippen LogP contribution in [-0.4, -0.2) is 24.5 Å². The largest absolute Gasteiger partial charge is 0.330 e. The summed E-state index contributed by atoms with van der Waals surface area (Å²) in [5, 5.41) is 0. The summed E-state index contributed by atoms with van der Waals surface area (Å²) in [6, 6.07) is 17.8. The molecule has 0 bridgehead atoms. The highest BCUT2D eigenvalue weighted by Crippen LogP contribution is 2.24. The van der Waals surface area contributed by atoms with Gasteiger partial charge in [-0.3, -0.25) is 4.90 Å². The molecule has 0 amide bonds. The zero-order chi connectivity index (χ0) is 16.1. The van der Waals surface area contributed by atoms with Crippen molar-refractivity contribution in [3.8, 4) is 11.1 Å². The van der Waals surface area contributed by atoms with Gasteiger partial charge in [0.1, 0.15) is 0 Å². The summed E-state index contributed by atoms with van der Waals surface area (Å²) < 4.78 is 0. The van der Waals surface area contributed by atoms with E-state index in [1.807, 2.05) is 0 Å². The van der Waals surface area contributed by atoms with Gasteiger partial charge in [0.2, 0.25) is 0 Å². The van der Waals surface area contributed by atoms with Crippen LogP contribution in [0, 0.1) is 5.92 Å². The van der Waals surface area contributed by atoms with Gasteiger partial charge in [-0.2, -0.15) is 0 Å².